The number of nitrogens with zero attached hydrogens (tertiary/aromatic N) is 4. The monoisotopic (exact) mass is 246 g/mol. The molecule has 0 aromatic carbocycles. The molecule has 2 heterocycles. The Morgan fingerprint density at radius 3 is 2.82 bits per heavy atom. The van der Waals surface area contributed by atoms with Crippen LogP contribution in [0.15, 0.2) is 18.3 Å². The number of hydrogen-bond donors (Lipinski definition) is 0. The molecule has 0 aliphatic carbocycles. The van der Waals surface area contributed by atoms with Crippen LogP contribution >= 0.6 is 11.6 Å². The molecular formula is C12H11ClN4. The number of nitriles is 1. The van der Waals surface area contributed by atoms with Crippen LogP contribution in [-0.4, -0.2) is 14.8 Å². The second-order valence-electron chi connectivity index (χ2n) is 3.68. The summed E-state index contributed by atoms with van der Waals surface area (Å²) in [7, 11) is 0. The second kappa shape index (κ2) is 4.56. The standard InChI is InChI=1S/C12H11ClN4/c1-3-10-9(7-14)12(13)17(16-10)11-6-8(2)4-5-15-11/h4-6H,3H2,1-2H3. The second-order valence-corrected chi connectivity index (χ2v) is 4.04. The lowest BCUT2D eigenvalue weighted by Crippen LogP contribution is -2.00. The van der Waals surface area contributed by atoms with E-state index in [1.807, 2.05) is 26.0 Å². The van der Waals surface area contributed by atoms with E-state index in [-0.39, 0.29) is 0 Å². The summed E-state index contributed by atoms with van der Waals surface area (Å²) in [4.78, 5) is 4.20. The lowest BCUT2D eigenvalue weighted by Gasteiger charge is -2.02. The number of pyridine rings is 1. The Balaban J connectivity index is 2.61. The minimum atomic E-state index is 0.322. The van der Waals surface area contributed by atoms with Gasteiger partial charge < -0.3 is 0 Å². The van der Waals surface area contributed by atoms with Crippen molar-refractivity contribution in [1.29, 1.82) is 5.26 Å². The third-order valence-electron chi connectivity index (χ3n) is 2.47. The molecule has 2 rings (SSSR count). The third-order valence-corrected chi connectivity index (χ3v) is 2.82. The fourth-order valence-electron chi connectivity index (χ4n) is 1.59. The van der Waals surface area contributed by atoms with E-state index in [0.29, 0.717) is 28.6 Å². The van der Waals surface area contributed by atoms with Gasteiger partial charge in [0, 0.05) is 6.20 Å². The van der Waals surface area contributed by atoms with Crippen LogP contribution in [0.5, 0.6) is 0 Å². The van der Waals surface area contributed by atoms with Crippen molar-refractivity contribution in [3.8, 4) is 11.9 Å². The molecule has 0 saturated heterocycles. The third kappa shape index (κ3) is 2.02. The Hall–Kier alpha value is -1.86. The number of aryl methyl sites for hydroxylation is 2. The zero-order valence-corrected chi connectivity index (χ0v) is 10.4. The van der Waals surface area contributed by atoms with Gasteiger partial charge in [0.15, 0.2) is 11.0 Å². The zero-order chi connectivity index (χ0) is 12.4. The maximum Gasteiger partial charge on any atom is 0.155 e. The normalized spacial score (nSPS) is 10.2. The molecule has 0 amide bonds. The van der Waals surface area contributed by atoms with Gasteiger partial charge in [-0.3, -0.25) is 0 Å². The summed E-state index contributed by atoms with van der Waals surface area (Å²) in [6, 6.07) is 5.85. The van der Waals surface area contributed by atoms with E-state index in [9.17, 15) is 0 Å². The first-order valence-electron chi connectivity index (χ1n) is 5.28. The van der Waals surface area contributed by atoms with Gasteiger partial charge in [-0.1, -0.05) is 18.5 Å². The van der Waals surface area contributed by atoms with Gasteiger partial charge in [-0.15, -0.1) is 0 Å². The van der Waals surface area contributed by atoms with Crippen LogP contribution in [0.1, 0.15) is 23.7 Å². The minimum Gasteiger partial charge on any atom is -0.237 e. The predicted molar refractivity (Wildman–Crippen MR) is 65.2 cm³/mol. The first-order chi connectivity index (χ1) is 8.17. The molecule has 0 N–H and O–H groups in total. The van der Waals surface area contributed by atoms with E-state index >= 15 is 0 Å². The van der Waals surface area contributed by atoms with E-state index in [1.165, 1.54) is 4.68 Å². The highest BCUT2D eigenvalue weighted by Gasteiger charge is 2.16. The van der Waals surface area contributed by atoms with Crippen molar-refractivity contribution in [3.05, 3.63) is 40.3 Å². The smallest absolute Gasteiger partial charge is 0.155 e. The molecule has 86 valence electrons. The van der Waals surface area contributed by atoms with E-state index in [0.717, 1.165) is 5.56 Å². The molecule has 0 radical (unpaired) electrons. The molecule has 4 nitrogen and oxygen atoms in total. The van der Waals surface area contributed by atoms with E-state index in [4.69, 9.17) is 16.9 Å². The first-order valence-corrected chi connectivity index (χ1v) is 5.65. The molecule has 5 heteroatoms. The van der Waals surface area contributed by atoms with E-state index < -0.39 is 0 Å². The van der Waals surface area contributed by atoms with Crippen molar-refractivity contribution < 1.29 is 0 Å². The van der Waals surface area contributed by atoms with Crippen LogP contribution in [0.25, 0.3) is 5.82 Å². The minimum absolute atomic E-state index is 0.322. The Kier molecular flexibility index (Phi) is 3.12. The summed E-state index contributed by atoms with van der Waals surface area (Å²) in [5.74, 6) is 0.631. The van der Waals surface area contributed by atoms with Gasteiger partial charge in [0.1, 0.15) is 11.6 Å². The molecule has 0 saturated carbocycles. The lowest BCUT2D eigenvalue weighted by molar-refractivity contribution is 0.815. The maximum absolute atomic E-state index is 9.04. The van der Waals surface area contributed by atoms with Crippen LogP contribution in [0.2, 0.25) is 5.15 Å². The maximum atomic E-state index is 9.04. The fraction of sp³-hybridized carbons (Fsp3) is 0.250. The van der Waals surface area contributed by atoms with Gasteiger partial charge in [0.25, 0.3) is 0 Å². The Morgan fingerprint density at radius 2 is 2.29 bits per heavy atom. The molecular weight excluding hydrogens is 236 g/mol. The fourth-order valence-corrected chi connectivity index (χ4v) is 1.86. The molecule has 0 spiro atoms. The van der Waals surface area contributed by atoms with E-state index in [1.54, 1.807) is 6.20 Å². The van der Waals surface area contributed by atoms with Crippen molar-refractivity contribution in [2.45, 2.75) is 20.3 Å². The summed E-state index contributed by atoms with van der Waals surface area (Å²) in [6.45, 7) is 3.90. The highest BCUT2D eigenvalue weighted by atomic mass is 35.5. The summed E-state index contributed by atoms with van der Waals surface area (Å²) < 4.78 is 1.51. The van der Waals surface area contributed by atoms with Gasteiger partial charge in [-0.25, -0.2) is 9.67 Å². The van der Waals surface area contributed by atoms with Gasteiger partial charge in [0.2, 0.25) is 0 Å². The van der Waals surface area contributed by atoms with Crippen molar-refractivity contribution in [2.75, 3.05) is 0 Å². The summed E-state index contributed by atoms with van der Waals surface area (Å²) in [5.41, 5.74) is 2.19. The topological polar surface area (TPSA) is 54.5 Å². The zero-order valence-electron chi connectivity index (χ0n) is 9.61. The highest BCUT2D eigenvalue weighted by Crippen LogP contribution is 2.22. The predicted octanol–water partition coefficient (Wildman–Crippen LogP) is 2.66. The van der Waals surface area contributed by atoms with Crippen LogP contribution in [0, 0.1) is 18.3 Å². The lowest BCUT2D eigenvalue weighted by atomic mass is 10.2. The average molecular weight is 247 g/mol. The van der Waals surface area contributed by atoms with Crippen molar-refractivity contribution in [3.63, 3.8) is 0 Å². The summed E-state index contributed by atoms with van der Waals surface area (Å²) >= 11 is 6.13. The van der Waals surface area contributed by atoms with E-state index in [2.05, 4.69) is 16.2 Å². The molecule has 2 aromatic rings. The Morgan fingerprint density at radius 1 is 1.53 bits per heavy atom. The van der Waals surface area contributed by atoms with Gasteiger partial charge in [-0.05, 0) is 31.0 Å². The van der Waals surface area contributed by atoms with Crippen LogP contribution < -0.4 is 0 Å². The molecule has 0 unspecified atom stereocenters. The van der Waals surface area contributed by atoms with Crippen molar-refractivity contribution >= 4 is 11.6 Å². The molecule has 0 aliphatic heterocycles. The van der Waals surface area contributed by atoms with Crippen molar-refractivity contribution in [2.24, 2.45) is 0 Å². The quantitative estimate of drug-likeness (QED) is 0.819. The molecule has 0 aliphatic rings. The number of hydrogen-bond acceptors (Lipinski definition) is 3. The largest absolute Gasteiger partial charge is 0.237 e. The van der Waals surface area contributed by atoms with Crippen LogP contribution in [-0.2, 0) is 6.42 Å². The molecule has 0 bridgehead atoms. The van der Waals surface area contributed by atoms with Gasteiger partial charge in [-0.2, -0.15) is 10.4 Å². The van der Waals surface area contributed by atoms with Gasteiger partial charge >= 0.3 is 0 Å². The Bertz CT molecular complexity index is 595. The molecule has 0 atom stereocenters. The number of aromatic nitrogens is 3. The molecule has 0 fully saturated rings. The van der Waals surface area contributed by atoms with Crippen LogP contribution in [0.3, 0.4) is 0 Å². The molecule has 17 heavy (non-hydrogen) atoms. The highest BCUT2D eigenvalue weighted by molar-refractivity contribution is 6.31. The average Bonchev–Trinajstić information content (AvgIpc) is 2.65. The number of rotatable bonds is 2. The Labute approximate surface area is 104 Å². The van der Waals surface area contributed by atoms with Crippen LogP contribution in [0.4, 0.5) is 0 Å². The number of halogens is 1. The summed E-state index contributed by atoms with van der Waals surface area (Å²) in [6.07, 6.45) is 2.36. The SMILES string of the molecule is CCc1nn(-c2cc(C)ccn2)c(Cl)c1C#N. The van der Waals surface area contributed by atoms with Crippen molar-refractivity contribution in [1.82, 2.24) is 14.8 Å². The summed E-state index contributed by atoms with van der Waals surface area (Å²) in [5, 5.41) is 13.7. The van der Waals surface area contributed by atoms with Gasteiger partial charge in [0.05, 0.1) is 5.69 Å². The first kappa shape index (κ1) is 11.6. The molecule has 2 aromatic heterocycles.